The van der Waals surface area contributed by atoms with Gasteiger partial charge in [0.2, 0.25) is 10.0 Å². The van der Waals surface area contributed by atoms with Crippen LogP contribution in [0.25, 0.3) is 0 Å². The molecule has 5 heteroatoms. The minimum absolute atomic E-state index is 0. The summed E-state index contributed by atoms with van der Waals surface area (Å²) in [4.78, 5) is 0.242. The largest absolute Gasteiger partial charge is 0.242 e. The monoisotopic (exact) mass is 384 g/mol. The zero-order valence-corrected chi connectivity index (χ0v) is 17.7. The van der Waals surface area contributed by atoms with Crippen LogP contribution in [0.15, 0.2) is 16.0 Å². The van der Waals surface area contributed by atoms with Crippen molar-refractivity contribution in [1.82, 2.24) is 0 Å². The van der Waals surface area contributed by atoms with Crippen LogP contribution in [0, 0.1) is 40.7 Å². The summed E-state index contributed by atoms with van der Waals surface area (Å²) in [5.74, 6) is 0. The number of hydrogen-bond acceptors (Lipinski definition) is 2. The van der Waals surface area contributed by atoms with Crippen molar-refractivity contribution in [3.63, 3.8) is 0 Å². The van der Waals surface area contributed by atoms with Crippen LogP contribution in [-0.4, -0.2) is 8.42 Å². The number of hydrogen-bond donors (Lipinski definition) is 1. The van der Waals surface area contributed by atoms with Gasteiger partial charge in [0, 0.05) is 32.7 Å². The van der Waals surface area contributed by atoms with Crippen molar-refractivity contribution < 1.29 is 41.1 Å². The summed E-state index contributed by atoms with van der Waals surface area (Å²) in [6.45, 7) is 17.0. The van der Waals surface area contributed by atoms with Gasteiger partial charge in [-0.05, 0) is 4.90 Å². The zero-order valence-electron chi connectivity index (χ0n) is 14.1. The van der Waals surface area contributed by atoms with Crippen molar-refractivity contribution in [3.8, 4) is 0 Å². The molecule has 3 nitrogen and oxygen atoms in total. The number of allylic oxidation sites excluding steroid dienone is 2. The molecule has 0 aliphatic heterocycles. The van der Waals surface area contributed by atoms with Gasteiger partial charge in [-0.2, -0.15) is 17.2 Å². The number of aryl methyl sites for hydroxylation is 2. The van der Waals surface area contributed by atoms with Crippen molar-refractivity contribution in [1.29, 1.82) is 0 Å². The smallest absolute Gasteiger partial charge is 0.215 e. The van der Waals surface area contributed by atoms with Crippen molar-refractivity contribution >= 4 is 10.0 Å². The van der Waals surface area contributed by atoms with E-state index in [1.54, 1.807) is 13.8 Å². The summed E-state index contributed by atoms with van der Waals surface area (Å²) in [7, 11) is -3.63. The summed E-state index contributed by atoms with van der Waals surface area (Å²) in [6, 6.07) is 3.10. The molecule has 0 heterocycles. The Morgan fingerprint density at radius 2 is 1.29 bits per heavy atom. The SMILES string of the molecule is Cc1[c-]c(C)c(C)c(S(N)(=O)=O)c1C.[CH2-]C(C)=C(C)C.[Y]. The quantitative estimate of drug-likeness (QED) is 0.753. The second-order valence-corrected chi connectivity index (χ2v) is 6.78. The molecule has 0 bridgehead atoms. The van der Waals surface area contributed by atoms with Gasteiger partial charge in [0.1, 0.15) is 0 Å². The van der Waals surface area contributed by atoms with E-state index in [0.29, 0.717) is 11.1 Å². The molecule has 0 aromatic heterocycles. The van der Waals surface area contributed by atoms with Crippen LogP contribution in [0.4, 0.5) is 0 Å². The van der Waals surface area contributed by atoms with Gasteiger partial charge in [-0.1, -0.05) is 34.6 Å². The Kier molecular flexibility index (Phi) is 10.0. The normalized spacial score (nSPS) is 10.1. The molecule has 0 atom stereocenters. The topological polar surface area (TPSA) is 60.2 Å². The van der Waals surface area contributed by atoms with Gasteiger partial charge in [0.15, 0.2) is 0 Å². The molecule has 117 valence electrons. The van der Waals surface area contributed by atoms with Gasteiger partial charge in [-0.25, -0.2) is 31.6 Å². The fourth-order valence-corrected chi connectivity index (χ4v) is 2.68. The summed E-state index contributed by atoms with van der Waals surface area (Å²) < 4.78 is 22.7. The third kappa shape index (κ3) is 7.09. The standard InChI is InChI=1S/C10H14NO2S.C6H11.Y/c1-6-5-7(2)9(4)10(8(6)3)14(11,12)13;1-5(2)6(3)4;/h1-4H3,(H2,11,12,13);1H2,2-4H3;/q2*-1;. The van der Waals surface area contributed by atoms with Crippen LogP contribution in [0.3, 0.4) is 0 Å². The summed E-state index contributed by atoms with van der Waals surface area (Å²) in [5.41, 5.74) is 5.53. The van der Waals surface area contributed by atoms with E-state index in [0.717, 1.165) is 11.1 Å². The molecule has 0 amide bonds. The molecule has 2 N–H and O–H groups in total. The number of sulfonamides is 1. The molecular weight excluding hydrogens is 359 g/mol. The third-order valence-electron chi connectivity index (χ3n) is 3.32. The van der Waals surface area contributed by atoms with Crippen LogP contribution in [-0.2, 0) is 42.7 Å². The predicted octanol–water partition coefficient (Wildman–Crippen LogP) is 3.54. The summed E-state index contributed by atoms with van der Waals surface area (Å²) in [6.07, 6.45) is 0. The predicted molar refractivity (Wildman–Crippen MR) is 85.0 cm³/mol. The molecule has 0 aliphatic carbocycles. The van der Waals surface area contributed by atoms with E-state index in [-0.39, 0.29) is 37.6 Å². The molecule has 1 aromatic carbocycles. The maximum atomic E-state index is 11.3. The van der Waals surface area contributed by atoms with Gasteiger partial charge < -0.3 is 0 Å². The molecule has 1 radical (unpaired) electrons. The van der Waals surface area contributed by atoms with Crippen LogP contribution in [0.2, 0.25) is 0 Å². The zero-order chi connectivity index (χ0) is 16.2. The van der Waals surface area contributed by atoms with Crippen molar-refractivity contribution in [2.24, 2.45) is 5.14 Å². The van der Waals surface area contributed by atoms with E-state index < -0.39 is 10.0 Å². The van der Waals surface area contributed by atoms with Crippen molar-refractivity contribution in [2.45, 2.75) is 53.4 Å². The second-order valence-electron chi connectivity index (χ2n) is 5.28. The van der Waals surface area contributed by atoms with Crippen LogP contribution >= 0.6 is 0 Å². The summed E-state index contributed by atoms with van der Waals surface area (Å²) >= 11 is 0. The number of rotatable bonds is 1. The maximum Gasteiger partial charge on any atom is 0.215 e. The molecular formula is C16H25NO2SY-2. The van der Waals surface area contributed by atoms with Gasteiger partial charge in [0.05, 0.1) is 0 Å². The number of primary sulfonamides is 1. The Hall–Kier alpha value is -0.156. The Balaban J connectivity index is 0. The van der Waals surface area contributed by atoms with Crippen molar-refractivity contribution in [3.05, 3.63) is 46.4 Å². The van der Waals surface area contributed by atoms with E-state index in [2.05, 4.69) is 26.8 Å². The first-order chi connectivity index (χ1) is 8.89. The van der Waals surface area contributed by atoms with Crippen LogP contribution in [0.5, 0.6) is 0 Å². The number of nitrogens with two attached hydrogens (primary N) is 1. The van der Waals surface area contributed by atoms with Crippen LogP contribution in [0.1, 0.15) is 43.0 Å². The molecule has 0 unspecified atom stereocenters. The fourth-order valence-electron chi connectivity index (χ4n) is 1.52. The molecule has 0 aliphatic rings. The Morgan fingerprint density at radius 3 is 1.48 bits per heavy atom. The molecule has 0 spiro atoms. The Morgan fingerprint density at radius 1 is 1.00 bits per heavy atom. The van der Waals surface area contributed by atoms with E-state index in [1.165, 1.54) is 11.1 Å². The molecule has 21 heavy (non-hydrogen) atoms. The number of benzene rings is 1. The average molecular weight is 384 g/mol. The van der Waals surface area contributed by atoms with Gasteiger partial charge in [-0.3, -0.25) is 0 Å². The molecule has 0 fully saturated rings. The van der Waals surface area contributed by atoms with Gasteiger partial charge in [0.25, 0.3) is 0 Å². The average Bonchev–Trinajstić information content (AvgIpc) is 2.25. The molecule has 1 rings (SSSR count). The minimum atomic E-state index is -3.63. The summed E-state index contributed by atoms with van der Waals surface area (Å²) in [5, 5.41) is 5.15. The fraction of sp³-hybridized carbons (Fsp3) is 0.438. The van der Waals surface area contributed by atoms with Crippen LogP contribution < -0.4 is 5.14 Å². The third-order valence-corrected chi connectivity index (χ3v) is 4.50. The van der Waals surface area contributed by atoms with E-state index >= 15 is 0 Å². The Bertz CT molecular complexity index is 588. The molecule has 1 aromatic rings. The van der Waals surface area contributed by atoms with Gasteiger partial charge in [-0.15, -0.1) is 25.0 Å². The van der Waals surface area contributed by atoms with Crippen molar-refractivity contribution in [2.75, 3.05) is 0 Å². The van der Waals surface area contributed by atoms with Gasteiger partial charge >= 0.3 is 0 Å². The maximum absolute atomic E-state index is 11.3. The Labute approximate surface area is 155 Å². The van der Waals surface area contributed by atoms with E-state index in [4.69, 9.17) is 5.14 Å². The first kappa shape index (κ1) is 23.1. The first-order valence-corrected chi connectivity index (χ1v) is 7.92. The molecule has 0 saturated carbocycles. The second kappa shape index (κ2) is 9.09. The minimum Gasteiger partial charge on any atom is -0.242 e. The molecule has 0 saturated heterocycles. The van der Waals surface area contributed by atoms with E-state index in [9.17, 15) is 8.42 Å². The first-order valence-electron chi connectivity index (χ1n) is 6.38. The van der Waals surface area contributed by atoms with E-state index in [1.807, 2.05) is 20.8 Å².